The van der Waals surface area contributed by atoms with Gasteiger partial charge in [0.05, 0.1) is 24.8 Å². The highest BCUT2D eigenvalue weighted by Gasteiger charge is 2.30. The van der Waals surface area contributed by atoms with Gasteiger partial charge < -0.3 is 10.1 Å². The highest BCUT2D eigenvalue weighted by atomic mass is 16.5. The average Bonchev–Trinajstić information content (AvgIpc) is 3.09. The molecular formula is C22H28N2O2. The number of benzene rings is 1. The topological polar surface area (TPSA) is 51.2 Å². The van der Waals surface area contributed by atoms with Gasteiger partial charge in [0.2, 0.25) is 5.91 Å². The van der Waals surface area contributed by atoms with Gasteiger partial charge in [0.1, 0.15) is 0 Å². The molecule has 4 rings (SSSR count). The van der Waals surface area contributed by atoms with Crippen LogP contribution in [0.5, 0.6) is 0 Å². The number of ether oxygens (including phenoxy) is 1. The van der Waals surface area contributed by atoms with Crippen LogP contribution in [0.3, 0.4) is 0 Å². The normalized spacial score (nSPS) is 24.0. The minimum atomic E-state index is 0.123. The van der Waals surface area contributed by atoms with Gasteiger partial charge in [-0.1, -0.05) is 37.5 Å². The molecule has 138 valence electrons. The van der Waals surface area contributed by atoms with E-state index in [1.165, 1.54) is 43.1 Å². The van der Waals surface area contributed by atoms with Crippen LogP contribution < -0.4 is 5.32 Å². The molecule has 2 atom stereocenters. The summed E-state index contributed by atoms with van der Waals surface area (Å²) in [6, 6.07) is 10.5. The van der Waals surface area contributed by atoms with Gasteiger partial charge in [-0.3, -0.25) is 9.78 Å². The van der Waals surface area contributed by atoms with Crippen molar-refractivity contribution in [2.75, 3.05) is 13.2 Å². The van der Waals surface area contributed by atoms with E-state index >= 15 is 0 Å². The number of aromatic nitrogens is 1. The maximum absolute atomic E-state index is 12.5. The summed E-state index contributed by atoms with van der Waals surface area (Å²) < 4.78 is 5.71. The smallest absolute Gasteiger partial charge is 0.220 e. The molecule has 1 saturated heterocycles. The van der Waals surface area contributed by atoms with Crippen LogP contribution in [0.1, 0.15) is 44.1 Å². The van der Waals surface area contributed by atoms with Gasteiger partial charge in [-0.2, -0.15) is 0 Å². The number of carbonyl (C=O) groups excluding carboxylic acids is 1. The van der Waals surface area contributed by atoms with Crippen LogP contribution >= 0.6 is 0 Å². The monoisotopic (exact) mass is 352 g/mol. The van der Waals surface area contributed by atoms with Crippen molar-refractivity contribution in [2.24, 2.45) is 11.8 Å². The molecule has 4 nitrogen and oxygen atoms in total. The Balaban J connectivity index is 1.39. The summed E-state index contributed by atoms with van der Waals surface area (Å²) in [4.78, 5) is 16.9. The molecule has 2 unspecified atom stereocenters. The third-order valence-electron chi connectivity index (χ3n) is 5.97. The number of carbonyl (C=O) groups is 1. The molecule has 0 spiro atoms. The minimum absolute atomic E-state index is 0.123. The number of rotatable bonds is 5. The first kappa shape index (κ1) is 17.5. The van der Waals surface area contributed by atoms with Crippen LogP contribution in [0.15, 0.2) is 36.5 Å². The van der Waals surface area contributed by atoms with Crippen LogP contribution in [0, 0.1) is 11.8 Å². The number of fused-ring (bicyclic) bond motifs is 1. The van der Waals surface area contributed by atoms with Gasteiger partial charge in [0, 0.05) is 23.9 Å². The molecule has 1 saturated carbocycles. The third kappa shape index (κ3) is 4.07. The van der Waals surface area contributed by atoms with Crippen LogP contribution in [0.4, 0.5) is 0 Å². The number of hydrogen-bond acceptors (Lipinski definition) is 3. The van der Waals surface area contributed by atoms with E-state index in [2.05, 4.69) is 28.5 Å². The first-order valence-electron chi connectivity index (χ1n) is 9.99. The van der Waals surface area contributed by atoms with Crippen molar-refractivity contribution >= 4 is 16.8 Å². The molecule has 0 radical (unpaired) electrons. The fourth-order valence-corrected chi connectivity index (χ4v) is 4.49. The van der Waals surface area contributed by atoms with Gasteiger partial charge in [-0.25, -0.2) is 0 Å². The Morgan fingerprint density at radius 1 is 1.12 bits per heavy atom. The number of pyridine rings is 1. The zero-order valence-corrected chi connectivity index (χ0v) is 15.3. The summed E-state index contributed by atoms with van der Waals surface area (Å²) in [6.45, 7) is 1.34. The fourth-order valence-electron chi connectivity index (χ4n) is 4.49. The van der Waals surface area contributed by atoms with E-state index < -0.39 is 0 Å². The lowest BCUT2D eigenvalue weighted by Gasteiger charge is -2.24. The average molecular weight is 352 g/mol. The summed E-state index contributed by atoms with van der Waals surface area (Å²) in [5, 5.41) is 4.47. The second-order valence-electron chi connectivity index (χ2n) is 7.87. The number of nitrogens with one attached hydrogen (secondary N) is 1. The van der Waals surface area contributed by atoms with Crippen molar-refractivity contribution in [1.29, 1.82) is 0 Å². The van der Waals surface area contributed by atoms with Crippen LogP contribution in [0.2, 0.25) is 0 Å². The van der Waals surface area contributed by atoms with E-state index in [9.17, 15) is 4.79 Å². The Morgan fingerprint density at radius 2 is 1.96 bits per heavy atom. The van der Waals surface area contributed by atoms with E-state index in [0.29, 0.717) is 31.5 Å². The first-order valence-corrected chi connectivity index (χ1v) is 9.99. The molecule has 1 aromatic heterocycles. The third-order valence-corrected chi connectivity index (χ3v) is 5.97. The molecule has 1 N–H and O–H groups in total. The number of hydrogen-bond donors (Lipinski definition) is 1. The molecule has 4 heteroatoms. The van der Waals surface area contributed by atoms with Crippen molar-refractivity contribution in [3.05, 3.63) is 42.1 Å². The summed E-state index contributed by atoms with van der Waals surface area (Å²) in [5.41, 5.74) is 2.32. The Hall–Kier alpha value is -1.94. The first-order chi connectivity index (χ1) is 12.8. The Kier molecular flexibility index (Phi) is 5.49. The molecular weight excluding hydrogens is 324 g/mol. The highest BCUT2D eigenvalue weighted by molar-refractivity contribution is 5.82. The maximum Gasteiger partial charge on any atom is 0.220 e. The second kappa shape index (κ2) is 8.17. The van der Waals surface area contributed by atoms with Gasteiger partial charge in [0.15, 0.2) is 0 Å². The lowest BCUT2D eigenvalue weighted by molar-refractivity contribution is -0.123. The van der Waals surface area contributed by atoms with Crippen molar-refractivity contribution in [3.8, 4) is 0 Å². The standard InChI is InChI=1S/C22H28N2O2/c25-22(12-16-6-2-1-3-7-16)24-21-15-26-14-18(21)13-17-10-11-23-20-9-5-4-8-19(17)20/h4-5,8-11,16,18,21H,1-3,6-7,12-15H2,(H,24,25). The number of amides is 1. The lowest BCUT2D eigenvalue weighted by Crippen LogP contribution is -2.41. The Bertz CT molecular complexity index is 749. The van der Waals surface area contributed by atoms with Crippen LogP contribution in [0.25, 0.3) is 10.9 Å². The summed E-state index contributed by atoms with van der Waals surface area (Å²) in [6.07, 6.45) is 9.78. The zero-order chi connectivity index (χ0) is 17.8. The van der Waals surface area contributed by atoms with E-state index in [1.54, 1.807) is 0 Å². The van der Waals surface area contributed by atoms with Crippen LogP contribution in [-0.2, 0) is 16.0 Å². The zero-order valence-electron chi connectivity index (χ0n) is 15.3. The molecule has 1 aromatic carbocycles. The lowest BCUT2D eigenvalue weighted by atomic mass is 9.86. The molecule has 1 aliphatic heterocycles. The molecule has 0 bridgehead atoms. The number of para-hydroxylation sites is 1. The van der Waals surface area contributed by atoms with E-state index in [4.69, 9.17) is 4.74 Å². The van der Waals surface area contributed by atoms with Crippen molar-refractivity contribution < 1.29 is 9.53 Å². The van der Waals surface area contributed by atoms with Gasteiger partial charge in [0.25, 0.3) is 0 Å². The van der Waals surface area contributed by atoms with Gasteiger partial charge in [-0.05, 0) is 42.9 Å². The van der Waals surface area contributed by atoms with Crippen LogP contribution in [-0.4, -0.2) is 30.1 Å². The molecule has 2 heterocycles. The molecule has 1 amide bonds. The van der Waals surface area contributed by atoms with Crippen molar-refractivity contribution in [3.63, 3.8) is 0 Å². The summed E-state index contributed by atoms with van der Waals surface area (Å²) in [5.74, 6) is 1.11. The van der Waals surface area contributed by atoms with Gasteiger partial charge in [-0.15, -0.1) is 0 Å². The van der Waals surface area contributed by atoms with E-state index in [1.807, 2.05) is 18.3 Å². The Morgan fingerprint density at radius 3 is 2.85 bits per heavy atom. The number of nitrogens with zero attached hydrogens (tertiary/aromatic N) is 1. The molecule has 2 aliphatic rings. The summed E-state index contributed by atoms with van der Waals surface area (Å²) in [7, 11) is 0. The van der Waals surface area contributed by atoms with Gasteiger partial charge >= 0.3 is 0 Å². The molecule has 1 aliphatic carbocycles. The van der Waals surface area contributed by atoms with Crippen molar-refractivity contribution in [1.82, 2.24) is 10.3 Å². The predicted octanol–water partition coefficient (Wildman–Crippen LogP) is 3.88. The Labute approximate surface area is 155 Å². The molecule has 2 fully saturated rings. The van der Waals surface area contributed by atoms with E-state index in [0.717, 1.165) is 11.9 Å². The quantitative estimate of drug-likeness (QED) is 0.888. The maximum atomic E-state index is 12.5. The highest BCUT2D eigenvalue weighted by Crippen LogP contribution is 2.27. The minimum Gasteiger partial charge on any atom is -0.379 e. The molecule has 26 heavy (non-hydrogen) atoms. The molecule has 2 aromatic rings. The SMILES string of the molecule is O=C(CC1CCCCC1)NC1COCC1Cc1ccnc2ccccc12. The second-order valence-corrected chi connectivity index (χ2v) is 7.87. The van der Waals surface area contributed by atoms with E-state index in [-0.39, 0.29) is 11.9 Å². The van der Waals surface area contributed by atoms with Crippen molar-refractivity contribution in [2.45, 2.75) is 51.0 Å². The summed E-state index contributed by atoms with van der Waals surface area (Å²) >= 11 is 0. The fraction of sp³-hybridized carbons (Fsp3) is 0.545. The predicted molar refractivity (Wildman–Crippen MR) is 103 cm³/mol. The largest absolute Gasteiger partial charge is 0.379 e.